The van der Waals surface area contributed by atoms with Gasteiger partial charge in [-0.2, -0.15) is 0 Å². The van der Waals surface area contributed by atoms with Crippen LogP contribution in [0.15, 0.2) is 22.1 Å². The third-order valence-corrected chi connectivity index (χ3v) is 3.92. The first-order valence-electron chi connectivity index (χ1n) is 4.68. The molecule has 0 fully saturated rings. The number of rotatable bonds is 3. The van der Waals surface area contributed by atoms with Gasteiger partial charge in [-0.15, -0.1) is 11.3 Å². The number of halogens is 1. The van der Waals surface area contributed by atoms with Crippen molar-refractivity contribution in [2.75, 3.05) is 6.54 Å². The quantitative estimate of drug-likeness (QED) is 0.941. The average molecular weight is 286 g/mol. The Hall–Kier alpha value is -0.650. The molecule has 0 bridgehead atoms. The zero-order chi connectivity index (χ0) is 10.8. The topological polar surface area (TPSA) is 43.8 Å². The molecule has 2 N–H and O–H groups in total. The highest BCUT2D eigenvalue weighted by Gasteiger charge is 2.09. The minimum Gasteiger partial charge on any atom is -0.330 e. The predicted octanol–water partition coefficient (Wildman–Crippen LogP) is 2.41. The van der Waals surface area contributed by atoms with Crippen LogP contribution in [0.2, 0.25) is 0 Å². The molecule has 0 radical (unpaired) electrons. The molecule has 2 aromatic heterocycles. The maximum Gasteiger partial charge on any atom is 0.110 e. The lowest BCUT2D eigenvalue weighted by Crippen LogP contribution is -2.08. The van der Waals surface area contributed by atoms with Crippen molar-refractivity contribution in [3.05, 3.63) is 27.9 Å². The molecule has 3 nitrogen and oxygen atoms in total. The Kier molecular flexibility index (Phi) is 3.23. The van der Waals surface area contributed by atoms with Crippen molar-refractivity contribution in [3.63, 3.8) is 0 Å². The summed E-state index contributed by atoms with van der Waals surface area (Å²) in [7, 11) is 2.03. The van der Waals surface area contributed by atoms with Crippen molar-refractivity contribution < 1.29 is 0 Å². The Balaban J connectivity index is 2.37. The highest BCUT2D eigenvalue weighted by atomic mass is 79.9. The predicted molar refractivity (Wildman–Crippen MR) is 67.0 cm³/mol. The van der Waals surface area contributed by atoms with E-state index in [1.54, 1.807) is 11.3 Å². The molecule has 0 aliphatic heterocycles. The second-order valence-corrected chi connectivity index (χ2v) is 5.72. The first-order valence-corrected chi connectivity index (χ1v) is 6.29. The van der Waals surface area contributed by atoms with Gasteiger partial charge < -0.3 is 10.3 Å². The highest BCUT2D eigenvalue weighted by Crippen LogP contribution is 2.31. The summed E-state index contributed by atoms with van der Waals surface area (Å²) in [6.45, 7) is 0.637. The first-order chi connectivity index (χ1) is 7.22. The van der Waals surface area contributed by atoms with E-state index in [1.807, 2.05) is 13.2 Å². The third kappa shape index (κ3) is 2.14. The summed E-state index contributed by atoms with van der Waals surface area (Å²) in [5.41, 5.74) is 6.67. The minimum absolute atomic E-state index is 0.637. The van der Waals surface area contributed by atoms with E-state index in [0.29, 0.717) is 6.54 Å². The Labute approximate surface area is 101 Å². The molecule has 0 amide bonds. The molecule has 2 aromatic rings. The normalized spacial score (nSPS) is 10.9. The fourth-order valence-electron chi connectivity index (χ4n) is 1.49. The lowest BCUT2D eigenvalue weighted by molar-refractivity contribution is 0.783. The van der Waals surface area contributed by atoms with E-state index in [1.165, 1.54) is 4.88 Å². The molecule has 2 heterocycles. The van der Waals surface area contributed by atoms with Gasteiger partial charge in [0.15, 0.2) is 0 Å². The lowest BCUT2D eigenvalue weighted by Gasteiger charge is -2.02. The molecule has 5 heteroatoms. The van der Waals surface area contributed by atoms with Crippen LogP contribution in [0.1, 0.15) is 5.82 Å². The number of aromatic nitrogens is 2. The van der Waals surface area contributed by atoms with Gasteiger partial charge in [-0.25, -0.2) is 4.98 Å². The number of nitrogens with zero attached hydrogens (tertiary/aromatic N) is 2. The Bertz CT molecular complexity index is 461. The molecule has 80 valence electrons. The van der Waals surface area contributed by atoms with E-state index >= 15 is 0 Å². The van der Waals surface area contributed by atoms with E-state index in [4.69, 9.17) is 5.73 Å². The number of imidazole rings is 1. The summed E-state index contributed by atoms with van der Waals surface area (Å²) in [5.74, 6) is 1.04. The van der Waals surface area contributed by atoms with Crippen LogP contribution in [0.5, 0.6) is 0 Å². The van der Waals surface area contributed by atoms with Gasteiger partial charge in [0.1, 0.15) is 5.82 Å². The molecule has 0 aliphatic carbocycles. The minimum atomic E-state index is 0.637. The number of hydrogen-bond donors (Lipinski definition) is 1. The Morgan fingerprint density at radius 2 is 2.33 bits per heavy atom. The first kappa shape index (κ1) is 10.9. The molecule has 0 saturated heterocycles. The van der Waals surface area contributed by atoms with E-state index in [0.717, 1.165) is 21.7 Å². The highest BCUT2D eigenvalue weighted by molar-refractivity contribution is 9.11. The summed E-state index contributed by atoms with van der Waals surface area (Å²) >= 11 is 5.17. The molecule has 0 saturated carbocycles. The SMILES string of the molecule is Cn1c(-c2ccc(Br)s2)cnc1CCN. The Morgan fingerprint density at radius 1 is 1.53 bits per heavy atom. The molecule has 0 atom stereocenters. The molecule has 15 heavy (non-hydrogen) atoms. The smallest absolute Gasteiger partial charge is 0.110 e. The molecular formula is C10H12BrN3S. The lowest BCUT2D eigenvalue weighted by atomic mass is 10.3. The van der Waals surface area contributed by atoms with Gasteiger partial charge in [-0.3, -0.25) is 0 Å². The molecule has 0 spiro atoms. The largest absolute Gasteiger partial charge is 0.330 e. The number of hydrogen-bond acceptors (Lipinski definition) is 3. The van der Waals surface area contributed by atoms with Crippen LogP contribution in [0.4, 0.5) is 0 Å². The van der Waals surface area contributed by atoms with Crippen molar-refractivity contribution in [3.8, 4) is 10.6 Å². The van der Waals surface area contributed by atoms with Gasteiger partial charge in [-0.05, 0) is 34.6 Å². The van der Waals surface area contributed by atoms with Gasteiger partial charge in [0.25, 0.3) is 0 Å². The molecule has 0 aromatic carbocycles. The summed E-state index contributed by atoms with van der Waals surface area (Å²) < 4.78 is 3.24. The van der Waals surface area contributed by atoms with Gasteiger partial charge >= 0.3 is 0 Å². The van der Waals surface area contributed by atoms with E-state index < -0.39 is 0 Å². The van der Waals surface area contributed by atoms with E-state index in [9.17, 15) is 0 Å². The summed E-state index contributed by atoms with van der Waals surface area (Å²) in [6.07, 6.45) is 2.73. The summed E-state index contributed by atoms with van der Waals surface area (Å²) in [6, 6.07) is 4.15. The van der Waals surface area contributed by atoms with Crippen molar-refractivity contribution >= 4 is 27.3 Å². The van der Waals surface area contributed by atoms with Crippen molar-refractivity contribution in [1.82, 2.24) is 9.55 Å². The van der Waals surface area contributed by atoms with Crippen LogP contribution in [0.3, 0.4) is 0 Å². The molecular weight excluding hydrogens is 274 g/mol. The van der Waals surface area contributed by atoms with Crippen LogP contribution in [0.25, 0.3) is 10.6 Å². The number of nitrogens with two attached hydrogens (primary N) is 1. The van der Waals surface area contributed by atoms with E-state index in [2.05, 4.69) is 37.6 Å². The summed E-state index contributed by atoms with van der Waals surface area (Å²) in [4.78, 5) is 5.59. The zero-order valence-electron chi connectivity index (χ0n) is 8.40. The van der Waals surface area contributed by atoms with Crippen LogP contribution in [0, 0.1) is 0 Å². The van der Waals surface area contributed by atoms with Crippen LogP contribution < -0.4 is 5.73 Å². The summed E-state index contributed by atoms with van der Waals surface area (Å²) in [5, 5.41) is 0. The van der Waals surface area contributed by atoms with Crippen molar-refractivity contribution in [2.45, 2.75) is 6.42 Å². The fraction of sp³-hybridized carbons (Fsp3) is 0.300. The standard InChI is InChI=1S/C10H12BrN3S/c1-14-7(6-13-10(14)4-5-12)8-2-3-9(11)15-8/h2-3,6H,4-5,12H2,1H3. The average Bonchev–Trinajstić information content (AvgIpc) is 2.76. The molecule has 0 unspecified atom stereocenters. The second kappa shape index (κ2) is 4.47. The maximum atomic E-state index is 5.52. The van der Waals surface area contributed by atoms with Gasteiger partial charge in [0.2, 0.25) is 0 Å². The van der Waals surface area contributed by atoms with Gasteiger partial charge in [0.05, 0.1) is 20.6 Å². The van der Waals surface area contributed by atoms with Crippen LogP contribution in [-0.4, -0.2) is 16.1 Å². The number of thiophene rings is 1. The zero-order valence-corrected chi connectivity index (χ0v) is 10.8. The van der Waals surface area contributed by atoms with Crippen molar-refractivity contribution in [1.29, 1.82) is 0 Å². The van der Waals surface area contributed by atoms with Gasteiger partial charge in [0, 0.05) is 13.5 Å². The van der Waals surface area contributed by atoms with Crippen molar-refractivity contribution in [2.24, 2.45) is 12.8 Å². The fourth-order valence-corrected chi connectivity index (χ4v) is 2.92. The Morgan fingerprint density at radius 3 is 2.93 bits per heavy atom. The maximum absolute atomic E-state index is 5.52. The van der Waals surface area contributed by atoms with E-state index in [-0.39, 0.29) is 0 Å². The second-order valence-electron chi connectivity index (χ2n) is 3.26. The monoisotopic (exact) mass is 285 g/mol. The van der Waals surface area contributed by atoms with Gasteiger partial charge in [-0.1, -0.05) is 0 Å². The molecule has 0 aliphatic rings. The van der Waals surface area contributed by atoms with Crippen LogP contribution >= 0.6 is 27.3 Å². The molecule has 2 rings (SSSR count). The third-order valence-electron chi connectivity index (χ3n) is 2.28. The van der Waals surface area contributed by atoms with Crippen LogP contribution in [-0.2, 0) is 13.5 Å².